The first-order valence-corrected chi connectivity index (χ1v) is 9.67. The Balaban J connectivity index is 2.05. The number of rotatable bonds is 6. The number of benzene rings is 1. The average molecular weight is 356 g/mol. The number of aryl methyl sites for hydroxylation is 1. The summed E-state index contributed by atoms with van der Waals surface area (Å²) in [6, 6.07) is 3.62. The van der Waals surface area contributed by atoms with Gasteiger partial charge in [0.2, 0.25) is 5.91 Å². The molecule has 1 aromatic carbocycles. The standard InChI is InChI=1S/C18H26ClNO2S/c1-4-17(23-13-8-6-5-7-9-13)18(21)20-15-10-12(2)14(19)11-16(15)22-3/h10-11,13,17H,4-9H2,1-3H3,(H,20,21). The van der Waals surface area contributed by atoms with Crippen molar-refractivity contribution in [2.75, 3.05) is 12.4 Å². The van der Waals surface area contributed by atoms with Crippen molar-refractivity contribution in [1.82, 2.24) is 0 Å². The number of hydrogen-bond donors (Lipinski definition) is 1. The molecule has 1 fully saturated rings. The van der Waals surface area contributed by atoms with Crippen LogP contribution in [0, 0.1) is 6.92 Å². The van der Waals surface area contributed by atoms with E-state index in [0.717, 1.165) is 12.0 Å². The van der Waals surface area contributed by atoms with Crippen LogP contribution in [-0.2, 0) is 4.79 Å². The minimum absolute atomic E-state index is 0.0150. The first-order chi connectivity index (χ1) is 11.0. The molecule has 1 aromatic rings. The quantitative estimate of drug-likeness (QED) is 0.738. The third kappa shape index (κ3) is 5.05. The number of hydrogen-bond acceptors (Lipinski definition) is 3. The van der Waals surface area contributed by atoms with Crippen LogP contribution in [0.2, 0.25) is 5.02 Å². The van der Waals surface area contributed by atoms with E-state index in [1.54, 1.807) is 13.2 Å². The molecule has 0 bridgehead atoms. The highest BCUT2D eigenvalue weighted by atomic mass is 35.5. The van der Waals surface area contributed by atoms with Crippen molar-refractivity contribution in [3.63, 3.8) is 0 Å². The molecule has 2 rings (SSSR count). The molecule has 1 amide bonds. The van der Waals surface area contributed by atoms with Gasteiger partial charge in [-0.25, -0.2) is 0 Å². The van der Waals surface area contributed by atoms with Crippen LogP contribution in [0.3, 0.4) is 0 Å². The van der Waals surface area contributed by atoms with Crippen molar-refractivity contribution in [1.29, 1.82) is 0 Å². The van der Waals surface area contributed by atoms with Crippen molar-refractivity contribution < 1.29 is 9.53 Å². The fourth-order valence-electron chi connectivity index (χ4n) is 2.92. The van der Waals surface area contributed by atoms with Crippen LogP contribution >= 0.6 is 23.4 Å². The molecule has 0 heterocycles. The molecular formula is C18H26ClNO2S. The highest BCUT2D eigenvalue weighted by Crippen LogP contribution is 2.34. The Morgan fingerprint density at radius 1 is 1.39 bits per heavy atom. The molecule has 0 spiro atoms. The van der Waals surface area contributed by atoms with Crippen LogP contribution in [0.5, 0.6) is 5.75 Å². The average Bonchev–Trinajstić information content (AvgIpc) is 2.56. The van der Waals surface area contributed by atoms with E-state index in [1.807, 2.05) is 24.8 Å². The highest BCUT2D eigenvalue weighted by molar-refractivity contribution is 8.01. The summed E-state index contributed by atoms with van der Waals surface area (Å²) in [4.78, 5) is 12.7. The topological polar surface area (TPSA) is 38.3 Å². The van der Waals surface area contributed by atoms with E-state index in [4.69, 9.17) is 16.3 Å². The molecule has 23 heavy (non-hydrogen) atoms. The fraction of sp³-hybridized carbons (Fsp3) is 0.611. The van der Waals surface area contributed by atoms with Gasteiger partial charge in [-0.15, -0.1) is 11.8 Å². The van der Waals surface area contributed by atoms with Crippen molar-refractivity contribution in [2.24, 2.45) is 0 Å². The van der Waals surface area contributed by atoms with E-state index >= 15 is 0 Å². The van der Waals surface area contributed by atoms with Gasteiger partial charge in [0.1, 0.15) is 5.75 Å². The Bertz CT molecular complexity index is 544. The zero-order valence-corrected chi connectivity index (χ0v) is 15.7. The maximum absolute atomic E-state index is 12.7. The first-order valence-electron chi connectivity index (χ1n) is 8.35. The molecule has 0 aliphatic heterocycles. The van der Waals surface area contributed by atoms with Gasteiger partial charge in [0.25, 0.3) is 0 Å². The number of ether oxygens (including phenoxy) is 1. The lowest BCUT2D eigenvalue weighted by Gasteiger charge is -2.25. The van der Waals surface area contributed by atoms with Gasteiger partial charge in [0.15, 0.2) is 0 Å². The number of nitrogens with one attached hydrogen (secondary N) is 1. The summed E-state index contributed by atoms with van der Waals surface area (Å²) >= 11 is 7.96. The smallest absolute Gasteiger partial charge is 0.237 e. The second-order valence-corrected chi connectivity index (χ2v) is 8.00. The number of halogens is 1. The van der Waals surface area contributed by atoms with E-state index < -0.39 is 0 Å². The number of methoxy groups -OCH3 is 1. The van der Waals surface area contributed by atoms with Gasteiger partial charge in [-0.05, 0) is 37.8 Å². The van der Waals surface area contributed by atoms with Crippen LogP contribution in [0.25, 0.3) is 0 Å². The summed E-state index contributed by atoms with van der Waals surface area (Å²) in [7, 11) is 1.59. The lowest BCUT2D eigenvalue weighted by atomic mass is 10.0. The Kier molecular flexibility index (Phi) is 7.09. The zero-order valence-electron chi connectivity index (χ0n) is 14.2. The van der Waals surface area contributed by atoms with Gasteiger partial charge in [-0.1, -0.05) is 37.8 Å². The number of carbonyl (C=O) groups is 1. The van der Waals surface area contributed by atoms with Gasteiger partial charge < -0.3 is 10.1 Å². The van der Waals surface area contributed by atoms with Crippen LogP contribution in [0.15, 0.2) is 12.1 Å². The van der Waals surface area contributed by atoms with E-state index in [2.05, 4.69) is 12.2 Å². The number of anilines is 1. The number of carbonyl (C=O) groups excluding carboxylic acids is 1. The summed E-state index contributed by atoms with van der Waals surface area (Å²) in [6.07, 6.45) is 7.22. The molecule has 3 nitrogen and oxygen atoms in total. The molecule has 0 saturated heterocycles. The molecular weight excluding hydrogens is 330 g/mol. The molecule has 1 unspecified atom stereocenters. The largest absolute Gasteiger partial charge is 0.495 e. The van der Waals surface area contributed by atoms with E-state index in [0.29, 0.717) is 21.7 Å². The van der Waals surface area contributed by atoms with Gasteiger partial charge in [0, 0.05) is 16.3 Å². The molecule has 128 valence electrons. The van der Waals surface area contributed by atoms with Gasteiger partial charge in [-0.3, -0.25) is 4.79 Å². The van der Waals surface area contributed by atoms with Crippen molar-refractivity contribution >= 4 is 35.0 Å². The van der Waals surface area contributed by atoms with Gasteiger partial charge in [-0.2, -0.15) is 0 Å². The molecule has 1 aliphatic carbocycles. The van der Waals surface area contributed by atoms with Gasteiger partial charge >= 0.3 is 0 Å². The van der Waals surface area contributed by atoms with Gasteiger partial charge in [0.05, 0.1) is 18.0 Å². The molecule has 5 heteroatoms. The van der Waals surface area contributed by atoms with Crippen LogP contribution in [0.1, 0.15) is 51.0 Å². The minimum Gasteiger partial charge on any atom is -0.495 e. The number of amides is 1. The third-order valence-electron chi connectivity index (χ3n) is 4.31. The molecule has 1 aliphatic rings. The Morgan fingerprint density at radius 3 is 2.70 bits per heavy atom. The first kappa shape index (κ1) is 18.5. The normalized spacial score (nSPS) is 16.9. The lowest BCUT2D eigenvalue weighted by Crippen LogP contribution is -2.27. The fourth-order valence-corrected chi connectivity index (χ4v) is 4.52. The summed E-state index contributed by atoms with van der Waals surface area (Å²) < 4.78 is 5.34. The van der Waals surface area contributed by atoms with E-state index in [1.165, 1.54) is 32.1 Å². The summed E-state index contributed by atoms with van der Waals surface area (Å²) in [5, 5.41) is 4.27. The SMILES string of the molecule is CCC(SC1CCCCC1)C(=O)Nc1cc(C)c(Cl)cc1OC. The lowest BCUT2D eigenvalue weighted by molar-refractivity contribution is -0.115. The summed E-state index contributed by atoms with van der Waals surface area (Å²) in [6.45, 7) is 4.00. The summed E-state index contributed by atoms with van der Waals surface area (Å²) in [5.74, 6) is 0.662. The Labute approximate surface area is 148 Å². The maximum Gasteiger partial charge on any atom is 0.237 e. The molecule has 0 radical (unpaired) electrons. The van der Waals surface area contributed by atoms with Crippen molar-refractivity contribution in [2.45, 2.75) is 62.9 Å². The predicted octanol–water partition coefficient (Wildman–Crippen LogP) is 5.44. The summed E-state index contributed by atoms with van der Waals surface area (Å²) in [5.41, 5.74) is 1.62. The van der Waals surface area contributed by atoms with Crippen molar-refractivity contribution in [3.8, 4) is 5.75 Å². The predicted molar refractivity (Wildman–Crippen MR) is 99.9 cm³/mol. The molecule has 0 aromatic heterocycles. The third-order valence-corrected chi connectivity index (χ3v) is 6.45. The Morgan fingerprint density at radius 2 is 2.09 bits per heavy atom. The second-order valence-electron chi connectivity index (χ2n) is 6.08. The van der Waals surface area contributed by atoms with E-state index in [9.17, 15) is 4.79 Å². The molecule has 1 atom stereocenters. The minimum atomic E-state index is -0.0150. The number of thioether (sulfide) groups is 1. The van der Waals surface area contributed by atoms with Crippen LogP contribution in [0.4, 0.5) is 5.69 Å². The van der Waals surface area contributed by atoms with Crippen LogP contribution in [-0.4, -0.2) is 23.5 Å². The highest BCUT2D eigenvalue weighted by Gasteiger charge is 2.24. The zero-order chi connectivity index (χ0) is 16.8. The molecule has 1 N–H and O–H groups in total. The molecule has 1 saturated carbocycles. The van der Waals surface area contributed by atoms with E-state index in [-0.39, 0.29) is 11.2 Å². The van der Waals surface area contributed by atoms with Crippen molar-refractivity contribution in [3.05, 3.63) is 22.7 Å². The monoisotopic (exact) mass is 355 g/mol. The van der Waals surface area contributed by atoms with Crippen LogP contribution < -0.4 is 10.1 Å². The maximum atomic E-state index is 12.7. The Hall–Kier alpha value is -0.870. The second kappa shape index (κ2) is 8.84.